The smallest absolute Gasteiger partial charge is 0.0195 e. The second-order valence-corrected chi connectivity index (χ2v) is 0. The van der Waals surface area contributed by atoms with E-state index in [1.54, 1.807) is 0 Å². The van der Waals surface area contributed by atoms with Gasteiger partial charge in [-0.15, -0.1) is 0 Å². The average Bonchev–Trinajstić information content (AvgIpc) is 1.00. The van der Waals surface area contributed by atoms with Crippen molar-refractivity contribution >= 4 is 0 Å². The minimum absolute atomic E-state index is 0. The summed E-state index contributed by atoms with van der Waals surface area (Å²) in [6.07, 6.45) is 0. The Labute approximate surface area is 47.0 Å². The highest BCUT2D eigenvalue weighted by atomic mass is 16.0. The van der Waals surface area contributed by atoms with Crippen LogP contribution in [0.3, 0.4) is 0 Å². The van der Waals surface area contributed by atoms with Crippen LogP contribution in [0.1, 0.15) is 0 Å². The first kappa shape index (κ1) is 672. The fourth-order valence-electron chi connectivity index (χ4n) is 0. The van der Waals surface area contributed by atoms with Crippen LogP contribution in [0.25, 0.3) is 0 Å². The number of nitrogens with two attached hydrogens (primary N) is 1. The molecule has 0 aromatic heterocycles. The molecule has 0 saturated heterocycles. The molecule has 0 aromatic rings. The van der Waals surface area contributed by atoms with Crippen LogP contribution < -0.4 is 5.73 Å². The minimum Gasteiger partial charge on any atom is -0.412 e. The monoisotopic (exact) mass is 139 g/mol. The molecule has 0 aliphatic carbocycles. The predicted octanol–water partition coefficient (Wildman–Crippen LogP) is -5.37. The van der Waals surface area contributed by atoms with Crippen LogP contribution in [0.4, 0.5) is 0 Å². The summed E-state index contributed by atoms with van der Waals surface area (Å²) in [5, 5.41) is 0. The average molecular weight is 139 g/mol. The molecule has 62 valence electrons. The Balaban J connectivity index is -0.000000000333. The van der Waals surface area contributed by atoms with Crippen molar-refractivity contribution in [2.24, 2.45) is 5.73 Å². The second-order valence-electron chi connectivity index (χ2n) is 0. The molecule has 0 aliphatic heterocycles. The van der Waals surface area contributed by atoms with Crippen molar-refractivity contribution in [1.29, 1.82) is 0 Å². The van der Waals surface area contributed by atoms with E-state index in [4.69, 9.17) is 0 Å². The molecule has 0 saturated carbocycles. The molecule has 0 atom stereocenters. The molecular formula is CH17NO6. The van der Waals surface area contributed by atoms with Crippen LogP contribution in [-0.4, -0.2) is 39.9 Å². The lowest BCUT2D eigenvalue weighted by atomic mass is 11.6. The van der Waals surface area contributed by atoms with E-state index < -0.39 is 0 Å². The Hall–Kier alpha value is -0.280. The zero-order chi connectivity index (χ0) is 2.00. The third-order valence-corrected chi connectivity index (χ3v) is 0. The highest BCUT2D eigenvalue weighted by molar-refractivity contribution is 3.54. The van der Waals surface area contributed by atoms with E-state index in [0.29, 0.717) is 0 Å². The molecule has 0 amide bonds. The van der Waals surface area contributed by atoms with Crippen LogP contribution in [0, 0.1) is 0 Å². The maximum Gasteiger partial charge on any atom is -0.0195 e. The summed E-state index contributed by atoms with van der Waals surface area (Å²) in [5.74, 6) is 0. The van der Waals surface area contributed by atoms with Crippen molar-refractivity contribution in [3.05, 3.63) is 0 Å². The maximum atomic E-state index is 4.50. The molecule has 0 rings (SSSR count). The van der Waals surface area contributed by atoms with Crippen LogP contribution in [0.5, 0.6) is 0 Å². The highest BCUT2D eigenvalue weighted by Crippen LogP contribution is 0.469. The molecule has 0 radical (unpaired) electrons. The molecule has 0 aliphatic rings. The van der Waals surface area contributed by atoms with E-state index >= 15 is 0 Å². The van der Waals surface area contributed by atoms with Gasteiger partial charge < -0.3 is 38.6 Å². The first-order valence-corrected chi connectivity index (χ1v) is 0.577. The molecular weight excluding hydrogens is 122 g/mol. The van der Waals surface area contributed by atoms with Gasteiger partial charge in [0.25, 0.3) is 0 Å². The van der Waals surface area contributed by atoms with Crippen molar-refractivity contribution in [3.8, 4) is 0 Å². The fraction of sp³-hybridized carbons (Fsp3) is 1.00. The standard InChI is InChI=1S/CH5N.6H2O/c1-2;;;;;;/h2H2,1H3;6*1H2. The number of rotatable bonds is 0. The van der Waals surface area contributed by atoms with Crippen LogP contribution in [0.2, 0.25) is 0 Å². The molecule has 0 bridgehead atoms. The maximum absolute atomic E-state index is 4.50. The van der Waals surface area contributed by atoms with Crippen molar-refractivity contribution in [3.63, 3.8) is 0 Å². The van der Waals surface area contributed by atoms with Crippen LogP contribution >= 0.6 is 0 Å². The van der Waals surface area contributed by atoms with Gasteiger partial charge in [-0.3, -0.25) is 0 Å². The van der Waals surface area contributed by atoms with E-state index in [1.165, 1.54) is 7.05 Å². The molecule has 8 heavy (non-hydrogen) atoms. The van der Waals surface area contributed by atoms with Crippen molar-refractivity contribution in [2.45, 2.75) is 0 Å². The van der Waals surface area contributed by atoms with Gasteiger partial charge in [-0.25, -0.2) is 0 Å². The van der Waals surface area contributed by atoms with Gasteiger partial charge in [0.05, 0.1) is 0 Å². The summed E-state index contributed by atoms with van der Waals surface area (Å²) in [6, 6.07) is 0. The third kappa shape index (κ3) is 1630. The molecule has 14 N–H and O–H groups in total. The topological polar surface area (TPSA) is 215 Å². The van der Waals surface area contributed by atoms with Gasteiger partial charge in [-0.2, -0.15) is 0 Å². The van der Waals surface area contributed by atoms with Gasteiger partial charge in [0.1, 0.15) is 0 Å². The second kappa shape index (κ2) is 2800. The summed E-state index contributed by atoms with van der Waals surface area (Å²) in [4.78, 5) is 0. The zero-order valence-corrected chi connectivity index (χ0v) is 4.58. The van der Waals surface area contributed by atoms with Crippen molar-refractivity contribution in [1.82, 2.24) is 0 Å². The molecule has 0 unspecified atom stereocenters. The minimum atomic E-state index is 0. The Bertz CT molecular complexity index is 8.49. The van der Waals surface area contributed by atoms with Gasteiger partial charge in [0.15, 0.2) is 0 Å². The lowest BCUT2D eigenvalue weighted by molar-refractivity contribution is 0.823. The zero-order valence-electron chi connectivity index (χ0n) is 4.58. The van der Waals surface area contributed by atoms with Gasteiger partial charge in [0, 0.05) is 0 Å². The van der Waals surface area contributed by atoms with Crippen LogP contribution in [0.15, 0.2) is 0 Å². The van der Waals surface area contributed by atoms with Gasteiger partial charge in [-0.1, -0.05) is 0 Å². The Morgan fingerprint density at radius 1 is 0.500 bits per heavy atom. The lowest BCUT2D eigenvalue weighted by Gasteiger charge is -1.19. The summed E-state index contributed by atoms with van der Waals surface area (Å²) >= 11 is 0. The molecule has 0 heterocycles. The molecule has 7 heteroatoms. The van der Waals surface area contributed by atoms with Gasteiger partial charge >= 0.3 is 0 Å². The summed E-state index contributed by atoms with van der Waals surface area (Å²) in [6.45, 7) is 0. The summed E-state index contributed by atoms with van der Waals surface area (Å²) in [7, 11) is 1.50. The normalized spacial score (nSPS) is 0.750. The molecule has 0 aromatic carbocycles. The number of hydrogen-bond acceptors (Lipinski definition) is 1. The van der Waals surface area contributed by atoms with E-state index in [-0.39, 0.29) is 32.9 Å². The molecule has 0 fully saturated rings. The molecule has 0 spiro atoms. The Kier molecular flexibility index (Phi) is 236000. The van der Waals surface area contributed by atoms with Crippen molar-refractivity contribution in [2.75, 3.05) is 7.05 Å². The van der Waals surface area contributed by atoms with Crippen molar-refractivity contribution < 1.29 is 32.9 Å². The molecule has 7 nitrogen and oxygen atoms in total. The quantitative estimate of drug-likeness (QED) is 0.341. The van der Waals surface area contributed by atoms with E-state index in [9.17, 15) is 0 Å². The first-order valence-electron chi connectivity index (χ1n) is 0.577. The first-order chi connectivity index (χ1) is 1.00. The Morgan fingerprint density at radius 2 is 0.500 bits per heavy atom. The number of hydrogen-bond donors (Lipinski definition) is 1. The SMILES string of the molecule is CN.O.O.O.O.O.O. The van der Waals surface area contributed by atoms with Gasteiger partial charge in [0.2, 0.25) is 0 Å². The van der Waals surface area contributed by atoms with E-state index in [2.05, 4.69) is 5.73 Å². The predicted molar refractivity (Wildman–Crippen MR) is 31.8 cm³/mol. The lowest BCUT2D eigenvalue weighted by Crippen LogP contribution is -1.69. The van der Waals surface area contributed by atoms with E-state index in [0.717, 1.165) is 0 Å². The fourth-order valence-corrected chi connectivity index (χ4v) is 0. The highest BCUT2D eigenvalue weighted by Gasteiger charge is 0.836. The largest absolute Gasteiger partial charge is 0.412 e. The van der Waals surface area contributed by atoms with Gasteiger partial charge in [-0.05, 0) is 7.05 Å². The Morgan fingerprint density at radius 3 is 0.500 bits per heavy atom. The summed E-state index contributed by atoms with van der Waals surface area (Å²) in [5.41, 5.74) is 4.50. The van der Waals surface area contributed by atoms with Crippen LogP contribution in [-0.2, 0) is 0 Å². The van der Waals surface area contributed by atoms with E-state index in [1.807, 2.05) is 0 Å². The summed E-state index contributed by atoms with van der Waals surface area (Å²) < 4.78 is 0. The third-order valence-electron chi connectivity index (χ3n) is 0.